The van der Waals surface area contributed by atoms with E-state index in [1.54, 1.807) is 12.3 Å². The number of hydrogen-bond acceptors (Lipinski definition) is 4. The molecule has 0 bridgehead atoms. The van der Waals surface area contributed by atoms with E-state index in [1.807, 2.05) is 6.07 Å². The molecule has 0 amide bonds. The summed E-state index contributed by atoms with van der Waals surface area (Å²) in [6, 6.07) is 5.07. The van der Waals surface area contributed by atoms with Crippen molar-refractivity contribution in [3.8, 4) is 5.75 Å². The van der Waals surface area contributed by atoms with Crippen molar-refractivity contribution in [2.24, 2.45) is 5.92 Å². The fourth-order valence-corrected chi connectivity index (χ4v) is 3.13. The van der Waals surface area contributed by atoms with E-state index in [2.05, 4.69) is 10.3 Å². The molecule has 5 nitrogen and oxygen atoms in total. The van der Waals surface area contributed by atoms with Gasteiger partial charge in [0, 0.05) is 29.4 Å². The predicted octanol–water partition coefficient (Wildman–Crippen LogP) is 3.44. The van der Waals surface area contributed by atoms with Gasteiger partial charge in [0.1, 0.15) is 0 Å². The summed E-state index contributed by atoms with van der Waals surface area (Å²) >= 11 is 0. The van der Waals surface area contributed by atoms with Gasteiger partial charge in [-0.25, -0.2) is 4.39 Å². The molecule has 1 aromatic carbocycles. The number of methoxy groups -OCH3 is 1. The van der Waals surface area contributed by atoms with Crippen molar-refractivity contribution >= 4 is 22.6 Å². The minimum absolute atomic E-state index is 0.183. The molecule has 0 saturated heterocycles. The summed E-state index contributed by atoms with van der Waals surface area (Å²) in [4.78, 5) is 15.2. The van der Waals surface area contributed by atoms with Crippen LogP contribution in [-0.2, 0) is 4.79 Å². The maximum Gasteiger partial charge on any atom is 0.306 e. The molecule has 0 aliphatic heterocycles. The zero-order valence-electron chi connectivity index (χ0n) is 12.9. The number of ether oxygens (including phenoxy) is 1. The Morgan fingerprint density at radius 1 is 1.35 bits per heavy atom. The van der Waals surface area contributed by atoms with E-state index in [0.29, 0.717) is 18.4 Å². The van der Waals surface area contributed by atoms with Gasteiger partial charge in [-0.1, -0.05) is 0 Å². The predicted molar refractivity (Wildman–Crippen MR) is 85.3 cm³/mol. The lowest BCUT2D eigenvalue weighted by Gasteiger charge is -2.28. The lowest BCUT2D eigenvalue weighted by Crippen LogP contribution is -2.29. The van der Waals surface area contributed by atoms with Gasteiger partial charge in [-0.05, 0) is 37.8 Å². The average molecular weight is 318 g/mol. The molecule has 1 saturated carbocycles. The lowest BCUT2D eigenvalue weighted by atomic mass is 9.86. The number of carboxylic acids is 1. The van der Waals surface area contributed by atoms with Crippen molar-refractivity contribution in [1.82, 2.24) is 4.98 Å². The number of aliphatic carboxylic acids is 1. The Hall–Kier alpha value is -2.37. The highest BCUT2D eigenvalue weighted by Gasteiger charge is 2.26. The highest BCUT2D eigenvalue weighted by atomic mass is 19.1. The number of aromatic nitrogens is 1. The van der Waals surface area contributed by atoms with Crippen molar-refractivity contribution < 1.29 is 19.0 Å². The molecule has 1 aliphatic carbocycles. The largest absolute Gasteiger partial charge is 0.494 e. The molecule has 0 spiro atoms. The first-order chi connectivity index (χ1) is 11.1. The molecule has 122 valence electrons. The number of carboxylic acid groups (broad SMARTS) is 1. The number of anilines is 1. The molecular weight excluding hydrogens is 299 g/mol. The zero-order valence-corrected chi connectivity index (χ0v) is 12.9. The van der Waals surface area contributed by atoms with Crippen LogP contribution in [0, 0.1) is 11.7 Å². The van der Waals surface area contributed by atoms with Crippen LogP contribution in [0.15, 0.2) is 24.4 Å². The van der Waals surface area contributed by atoms with Gasteiger partial charge in [0.05, 0.1) is 18.5 Å². The summed E-state index contributed by atoms with van der Waals surface area (Å²) < 4.78 is 18.8. The maximum absolute atomic E-state index is 13.8. The van der Waals surface area contributed by atoms with Gasteiger partial charge in [0.15, 0.2) is 11.6 Å². The van der Waals surface area contributed by atoms with Gasteiger partial charge in [0.25, 0.3) is 0 Å². The van der Waals surface area contributed by atoms with Crippen LogP contribution in [0.1, 0.15) is 25.7 Å². The summed E-state index contributed by atoms with van der Waals surface area (Å²) in [5, 5.41) is 13.3. The summed E-state index contributed by atoms with van der Waals surface area (Å²) in [5.41, 5.74) is 1.43. The Morgan fingerprint density at radius 3 is 2.74 bits per heavy atom. The molecule has 2 aromatic rings. The fraction of sp³-hybridized carbons (Fsp3) is 0.412. The van der Waals surface area contributed by atoms with Crippen LogP contribution < -0.4 is 10.1 Å². The quantitative estimate of drug-likeness (QED) is 0.903. The van der Waals surface area contributed by atoms with Crippen LogP contribution in [0.5, 0.6) is 5.75 Å². The van der Waals surface area contributed by atoms with E-state index in [9.17, 15) is 9.18 Å². The third kappa shape index (κ3) is 3.21. The smallest absolute Gasteiger partial charge is 0.306 e. The number of fused-ring (bicyclic) bond motifs is 1. The average Bonchev–Trinajstić information content (AvgIpc) is 2.55. The van der Waals surface area contributed by atoms with E-state index in [-0.39, 0.29) is 17.7 Å². The van der Waals surface area contributed by atoms with E-state index in [1.165, 1.54) is 13.2 Å². The van der Waals surface area contributed by atoms with E-state index >= 15 is 0 Å². The van der Waals surface area contributed by atoms with Crippen LogP contribution in [-0.4, -0.2) is 29.2 Å². The third-order valence-electron chi connectivity index (χ3n) is 4.45. The fourth-order valence-electron chi connectivity index (χ4n) is 3.13. The van der Waals surface area contributed by atoms with Crippen molar-refractivity contribution in [2.45, 2.75) is 31.7 Å². The van der Waals surface area contributed by atoms with Crippen LogP contribution in [0.3, 0.4) is 0 Å². The molecule has 2 N–H and O–H groups in total. The number of halogens is 1. The molecule has 1 fully saturated rings. The summed E-state index contributed by atoms with van der Waals surface area (Å²) in [6.07, 6.45) is 4.60. The minimum atomic E-state index is -0.710. The zero-order chi connectivity index (χ0) is 16.4. The monoisotopic (exact) mass is 318 g/mol. The van der Waals surface area contributed by atoms with Crippen molar-refractivity contribution in [1.29, 1.82) is 0 Å². The van der Waals surface area contributed by atoms with E-state index in [0.717, 1.165) is 23.9 Å². The topological polar surface area (TPSA) is 71.5 Å². The molecular formula is C17H19FN2O3. The number of nitrogens with one attached hydrogen (secondary N) is 1. The van der Waals surface area contributed by atoms with Crippen LogP contribution in [0.25, 0.3) is 10.9 Å². The molecule has 23 heavy (non-hydrogen) atoms. The molecule has 3 rings (SSSR count). The molecule has 1 aliphatic rings. The second-order valence-electron chi connectivity index (χ2n) is 5.89. The van der Waals surface area contributed by atoms with Crippen LogP contribution in [0.4, 0.5) is 10.1 Å². The number of pyridine rings is 1. The van der Waals surface area contributed by atoms with Gasteiger partial charge in [-0.3, -0.25) is 9.78 Å². The standard InChI is InChI=1S/C17H19FN2O3/c1-23-16-8-12-14(6-7-19-15(12)9-13(16)18)20-11-4-2-10(3-5-11)17(21)22/h6-11H,2-5H2,1H3,(H,19,20)(H,21,22). The number of rotatable bonds is 4. The van der Waals surface area contributed by atoms with Gasteiger partial charge in [-0.15, -0.1) is 0 Å². The third-order valence-corrected chi connectivity index (χ3v) is 4.45. The van der Waals surface area contributed by atoms with Gasteiger partial charge in [-0.2, -0.15) is 0 Å². The van der Waals surface area contributed by atoms with E-state index < -0.39 is 11.8 Å². The first-order valence-electron chi connectivity index (χ1n) is 7.70. The highest BCUT2D eigenvalue weighted by molar-refractivity contribution is 5.92. The van der Waals surface area contributed by atoms with Crippen molar-refractivity contribution in [3.63, 3.8) is 0 Å². The Bertz CT molecular complexity index is 727. The Kier molecular flexibility index (Phi) is 4.32. The van der Waals surface area contributed by atoms with Crippen molar-refractivity contribution in [3.05, 3.63) is 30.2 Å². The summed E-state index contributed by atoms with van der Waals surface area (Å²) in [5.74, 6) is -1.20. The summed E-state index contributed by atoms with van der Waals surface area (Å²) in [7, 11) is 1.43. The number of benzene rings is 1. The summed E-state index contributed by atoms with van der Waals surface area (Å²) in [6.45, 7) is 0. The van der Waals surface area contributed by atoms with Crippen molar-refractivity contribution in [2.75, 3.05) is 12.4 Å². The van der Waals surface area contributed by atoms with E-state index in [4.69, 9.17) is 9.84 Å². The lowest BCUT2D eigenvalue weighted by molar-refractivity contribution is -0.142. The molecule has 0 radical (unpaired) electrons. The molecule has 0 unspecified atom stereocenters. The van der Waals surface area contributed by atoms with Crippen LogP contribution in [0.2, 0.25) is 0 Å². The normalized spacial score (nSPS) is 21.1. The van der Waals surface area contributed by atoms with Gasteiger partial charge in [0.2, 0.25) is 0 Å². The number of carbonyl (C=O) groups is 1. The van der Waals surface area contributed by atoms with Gasteiger partial charge >= 0.3 is 5.97 Å². The molecule has 6 heteroatoms. The Balaban J connectivity index is 1.82. The SMILES string of the molecule is COc1cc2c(NC3CCC(C(=O)O)CC3)ccnc2cc1F. The number of hydrogen-bond donors (Lipinski definition) is 2. The second kappa shape index (κ2) is 6.40. The minimum Gasteiger partial charge on any atom is -0.494 e. The highest BCUT2D eigenvalue weighted by Crippen LogP contribution is 2.31. The molecule has 1 aromatic heterocycles. The molecule has 1 heterocycles. The first kappa shape index (κ1) is 15.5. The van der Waals surface area contributed by atoms with Gasteiger partial charge < -0.3 is 15.2 Å². The van der Waals surface area contributed by atoms with Crippen LogP contribution >= 0.6 is 0 Å². The second-order valence-corrected chi connectivity index (χ2v) is 5.89. The number of nitrogens with zero attached hydrogens (tertiary/aromatic N) is 1. The maximum atomic E-state index is 13.8. The first-order valence-corrected chi connectivity index (χ1v) is 7.70. The Labute approximate surface area is 133 Å². The molecule has 0 atom stereocenters. The Morgan fingerprint density at radius 2 is 2.09 bits per heavy atom.